The minimum absolute atomic E-state index is 0.122. The van der Waals surface area contributed by atoms with Crippen molar-refractivity contribution in [3.63, 3.8) is 0 Å². The molecule has 0 aromatic heterocycles. The number of hydrogen-bond acceptors (Lipinski definition) is 2. The Morgan fingerprint density at radius 1 is 1.39 bits per heavy atom. The van der Waals surface area contributed by atoms with E-state index in [1.807, 2.05) is 0 Å². The van der Waals surface area contributed by atoms with Crippen molar-refractivity contribution in [3.8, 4) is 0 Å². The lowest BCUT2D eigenvalue weighted by atomic mass is 10.0. The first-order chi connectivity index (χ1) is 8.47. The summed E-state index contributed by atoms with van der Waals surface area (Å²) in [5, 5.41) is 5.31. The third-order valence-corrected chi connectivity index (χ3v) is 2.89. The third kappa shape index (κ3) is 2.50. The van der Waals surface area contributed by atoms with Crippen molar-refractivity contribution in [2.75, 3.05) is 5.32 Å². The maximum Gasteiger partial charge on any atom is 0.224 e. The van der Waals surface area contributed by atoms with Gasteiger partial charge in [0.15, 0.2) is 0 Å². The first kappa shape index (κ1) is 12.5. The molecule has 0 spiro atoms. The van der Waals surface area contributed by atoms with E-state index in [9.17, 15) is 13.6 Å². The fraction of sp³-hybridized carbons (Fsp3) is 0.308. The molecule has 0 saturated carbocycles. The molecule has 1 fully saturated rings. The van der Waals surface area contributed by atoms with E-state index in [1.54, 1.807) is 6.92 Å². The smallest absolute Gasteiger partial charge is 0.224 e. The van der Waals surface area contributed by atoms with Crippen molar-refractivity contribution < 1.29 is 13.6 Å². The largest absolute Gasteiger partial charge is 0.372 e. The Morgan fingerprint density at radius 3 is 2.56 bits per heavy atom. The fourth-order valence-corrected chi connectivity index (χ4v) is 1.95. The van der Waals surface area contributed by atoms with Gasteiger partial charge in [-0.1, -0.05) is 6.58 Å². The second-order valence-corrected chi connectivity index (χ2v) is 4.41. The van der Waals surface area contributed by atoms with Crippen LogP contribution < -0.4 is 10.6 Å². The lowest BCUT2D eigenvalue weighted by molar-refractivity contribution is -0.121. The summed E-state index contributed by atoms with van der Waals surface area (Å²) in [4.78, 5) is 11.1. The minimum atomic E-state index is -0.641. The molecule has 18 heavy (non-hydrogen) atoms. The summed E-state index contributed by atoms with van der Waals surface area (Å²) >= 11 is 0. The lowest BCUT2D eigenvalue weighted by Crippen LogP contribution is -2.39. The highest BCUT2D eigenvalue weighted by atomic mass is 19.1. The summed E-state index contributed by atoms with van der Waals surface area (Å²) in [6.45, 7) is 5.30. The first-order valence-corrected chi connectivity index (χ1v) is 5.68. The van der Waals surface area contributed by atoms with E-state index in [0.29, 0.717) is 24.1 Å². The van der Waals surface area contributed by atoms with Gasteiger partial charge >= 0.3 is 0 Å². The maximum atomic E-state index is 13.7. The van der Waals surface area contributed by atoms with Crippen molar-refractivity contribution in [1.29, 1.82) is 0 Å². The maximum absolute atomic E-state index is 13.7. The van der Waals surface area contributed by atoms with Crippen LogP contribution in [-0.2, 0) is 4.79 Å². The summed E-state index contributed by atoms with van der Waals surface area (Å²) in [7, 11) is 0. The van der Waals surface area contributed by atoms with Crippen LogP contribution >= 0.6 is 0 Å². The highest BCUT2D eigenvalue weighted by molar-refractivity contribution is 5.79. The van der Waals surface area contributed by atoms with Gasteiger partial charge in [0.05, 0.1) is 6.04 Å². The normalized spacial score (nSPS) is 19.6. The van der Waals surface area contributed by atoms with E-state index >= 15 is 0 Å². The molecule has 1 heterocycles. The third-order valence-electron chi connectivity index (χ3n) is 2.89. The number of benzene rings is 1. The van der Waals surface area contributed by atoms with E-state index in [0.717, 1.165) is 0 Å². The Labute approximate surface area is 104 Å². The summed E-state index contributed by atoms with van der Waals surface area (Å²) < 4.78 is 27.3. The molecule has 1 unspecified atom stereocenters. The quantitative estimate of drug-likeness (QED) is 0.849. The number of nitrogens with one attached hydrogen (secondary N) is 2. The van der Waals surface area contributed by atoms with Crippen LogP contribution in [0.2, 0.25) is 0 Å². The van der Waals surface area contributed by atoms with Crippen LogP contribution in [0.25, 0.3) is 0 Å². The highest BCUT2D eigenvalue weighted by Gasteiger charge is 2.23. The van der Waals surface area contributed by atoms with E-state index in [1.165, 1.54) is 12.1 Å². The Hall–Kier alpha value is -1.91. The molecule has 1 aliphatic heterocycles. The Kier molecular flexibility index (Phi) is 3.32. The van der Waals surface area contributed by atoms with Gasteiger partial charge in [-0.05, 0) is 31.0 Å². The van der Waals surface area contributed by atoms with Gasteiger partial charge in [0.2, 0.25) is 5.91 Å². The fourth-order valence-electron chi connectivity index (χ4n) is 1.95. The minimum Gasteiger partial charge on any atom is -0.372 e. The van der Waals surface area contributed by atoms with Gasteiger partial charge in [-0.25, -0.2) is 8.78 Å². The van der Waals surface area contributed by atoms with Crippen LogP contribution in [0.15, 0.2) is 24.4 Å². The molecule has 2 rings (SSSR count). The van der Waals surface area contributed by atoms with Crippen molar-refractivity contribution in [2.24, 2.45) is 0 Å². The zero-order chi connectivity index (χ0) is 13.3. The van der Waals surface area contributed by atoms with Crippen molar-refractivity contribution in [2.45, 2.75) is 25.8 Å². The van der Waals surface area contributed by atoms with Gasteiger partial charge in [0.1, 0.15) is 17.3 Å². The number of carbonyl (C=O) groups excluding carboxylic acids is 1. The molecule has 3 nitrogen and oxygen atoms in total. The molecule has 5 heteroatoms. The first-order valence-electron chi connectivity index (χ1n) is 5.68. The van der Waals surface area contributed by atoms with Crippen molar-refractivity contribution in [1.82, 2.24) is 5.32 Å². The number of carbonyl (C=O) groups is 1. The Balaban J connectivity index is 2.19. The highest BCUT2D eigenvalue weighted by Crippen LogP contribution is 2.24. The number of halogens is 2. The number of piperidine rings is 1. The van der Waals surface area contributed by atoms with Gasteiger partial charge in [-0.15, -0.1) is 0 Å². The number of rotatable bonds is 2. The molecule has 1 atom stereocenters. The van der Waals surface area contributed by atoms with Gasteiger partial charge < -0.3 is 10.6 Å². The molecule has 1 saturated heterocycles. The molecule has 1 aliphatic rings. The van der Waals surface area contributed by atoms with Gasteiger partial charge in [0.25, 0.3) is 0 Å². The van der Waals surface area contributed by atoms with Crippen LogP contribution in [0.3, 0.4) is 0 Å². The number of hydrogen-bond donors (Lipinski definition) is 2. The topological polar surface area (TPSA) is 41.1 Å². The molecular formula is C13H14F2N2O. The summed E-state index contributed by atoms with van der Waals surface area (Å²) in [5.41, 5.74) is 0.778. The molecule has 0 aliphatic carbocycles. The monoisotopic (exact) mass is 252 g/mol. The number of anilines is 1. The van der Waals surface area contributed by atoms with E-state index in [-0.39, 0.29) is 17.6 Å². The standard InChI is InChI=1S/C13H14F2N2O/c1-7-5-9(14)13(10(15)6-7)17-11-3-4-12(18)16-8(11)2/h5-6,11,17H,2-4H2,1H3,(H,16,18). The van der Waals surface area contributed by atoms with Crippen LogP contribution in [0.4, 0.5) is 14.5 Å². The van der Waals surface area contributed by atoms with Crippen LogP contribution in [0.1, 0.15) is 18.4 Å². The molecule has 1 aromatic rings. The Morgan fingerprint density at radius 2 is 2.00 bits per heavy atom. The molecule has 2 N–H and O–H groups in total. The molecule has 0 radical (unpaired) electrons. The van der Waals surface area contributed by atoms with Crippen LogP contribution in [-0.4, -0.2) is 11.9 Å². The summed E-state index contributed by atoms with van der Waals surface area (Å²) in [5.74, 6) is -1.41. The van der Waals surface area contributed by atoms with Crippen LogP contribution in [0.5, 0.6) is 0 Å². The zero-order valence-corrected chi connectivity index (χ0v) is 10.0. The molecule has 1 aromatic carbocycles. The average molecular weight is 252 g/mol. The average Bonchev–Trinajstić information content (AvgIpc) is 2.25. The molecular weight excluding hydrogens is 238 g/mol. The van der Waals surface area contributed by atoms with Crippen LogP contribution in [0, 0.1) is 18.6 Å². The Bertz CT molecular complexity index is 491. The molecule has 1 amide bonds. The molecule has 0 bridgehead atoms. The predicted octanol–water partition coefficient (Wildman–Crippen LogP) is 2.48. The second kappa shape index (κ2) is 4.76. The van der Waals surface area contributed by atoms with E-state index < -0.39 is 11.6 Å². The number of aryl methyl sites for hydroxylation is 1. The summed E-state index contributed by atoms with van der Waals surface area (Å²) in [6.07, 6.45) is 0.781. The van der Waals surface area contributed by atoms with Gasteiger partial charge in [0, 0.05) is 12.1 Å². The predicted molar refractivity (Wildman–Crippen MR) is 65.0 cm³/mol. The van der Waals surface area contributed by atoms with E-state index in [4.69, 9.17) is 0 Å². The number of amides is 1. The second-order valence-electron chi connectivity index (χ2n) is 4.41. The van der Waals surface area contributed by atoms with E-state index in [2.05, 4.69) is 17.2 Å². The van der Waals surface area contributed by atoms with Crippen molar-refractivity contribution >= 4 is 11.6 Å². The van der Waals surface area contributed by atoms with Gasteiger partial charge in [-0.2, -0.15) is 0 Å². The van der Waals surface area contributed by atoms with Crippen molar-refractivity contribution in [3.05, 3.63) is 41.6 Å². The van der Waals surface area contributed by atoms with Gasteiger partial charge in [-0.3, -0.25) is 4.79 Å². The SMILES string of the molecule is C=C1NC(=O)CCC1Nc1c(F)cc(C)cc1F. The lowest BCUT2D eigenvalue weighted by Gasteiger charge is -2.27. The molecule has 96 valence electrons. The summed E-state index contributed by atoms with van der Waals surface area (Å²) in [6, 6.07) is 2.17. The zero-order valence-electron chi connectivity index (χ0n) is 10.0.